The molecule has 144 valence electrons. The standard InChI is InChI=1S/C18H17F3N2O3S/c19-18(20,21)13-6-4-5-12(11-13)17(25)23-15(16(22)24)9-10-27(26)14-7-2-1-3-8-14/h1-8,11,15H,9-10H2,(H2,22,24)(H,23,25)/t15-,27+/m1/s1. The van der Waals surface area contributed by atoms with Gasteiger partial charge in [0.2, 0.25) is 5.91 Å². The summed E-state index contributed by atoms with van der Waals surface area (Å²) in [6.07, 6.45) is -4.60. The third-order valence-corrected chi connectivity index (χ3v) is 5.10. The number of alkyl halides is 3. The zero-order chi connectivity index (χ0) is 20.0. The molecule has 0 spiro atoms. The van der Waals surface area contributed by atoms with Gasteiger partial charge in [0, 0.05) is 16.2 Å². The summed E-state index contributed by atoms with van der Waals surface area (Å²) < 4.78 is 50.5. The molecule has 2 atom stereocenters. The van der Waals surface area contributed by atoms with E-state index in [2.05, 4.69) is 5.32 Å². The topological polar surface area (TPSA) is 89.3 Å². The van der Waals surface area contributed by atoms with Crippen LogP contribution in [0.2, 0.25) is 0 Å². The Morgan fingerprint density at radius 1 is 1.07 bits per heavy atom. The zero-order valence-electron chi connectivity index (χ0n) is 14.0. The summed E-state index contributed by atoms with van der Waals surface area (Å²) in [5.74, 6) is -1.67. The van der Waals surface area contributed by atoms with Crippen molar-refractivity contribution in [2.45, 2.75) is 23.5 Å². The maximum absolute atomic E-state index is 12.8. The van der Waals surface area contributed by atoms with Gasteiger partial charge in [-0.15, -0.1) is 0 Å². The molecule has 0 aliphatic heterocycles. The number of nitrogens with one attached hydrogen (secondary N) is 1. The van der Waals surface area contributed by atoms with Crippen LogP contribution in [-0.2, 0) is 21.8 Å². The summed E-state index contributed by atoms with van der Waals surface area (Å²) >= 11 is 0. The number of rotatable bonds is 7. The molecule has 0 aromatic heterocycles. The molecule has 9 heteroatoms. The number of carbonyl (C=O) groups excluding carboxylic acids is 2. The Morgan fingerprint density at radius 3 is 2.33 bits per heavy atom. The minimum absolute atomic E-state index is 0.0124. The molecular formula is C18H17F3N2O3S. The number of hydrogen-bond donors (Lipinski definition) is 2. The van der Waals surface area contributed by atoms with E-state index in [9.17, 15) is 27.0 Å². The largest absolute Gasteiger partial charge is 0.416 e. The molecule has 0 aliphatic rings. The SMILES string of the molecule is NC(=O)[C@@H](CC[S@](=O)c1ccccc1)NC(=O)c1cccc(C(F)(F)F)c1. The highest BCUT2D eigenvalue weighted by Crippen LogP contribution is 2.29. The van der Waals surface area contributed by atoms with Crippen LogP contribution in [0.4, 0.5) is 13.2 Å². The van der Waals surface area contributed by atoms with Crippen LogP contribution in [0, 0.1) is 0 Å². The molecular weight excluding hydrogens is 381 g/mol. The molecule has 2 aromatic carbocycles. The van der Waals surface area contributed by atoms with Gasteiger partial charge in [0.15, 0.2) is 0 Å². The predicted octanol–water partition coefficient (Wildman–Crippen LogP) is 2.49. The monoisotopic (exact) mass is 398 g/mol. The van der Waals surface area contributed by atoms with Gasteiger partial charge in [0.1, 0.15) is 6.04 Å². The van der Waals surface area contributed by atoms with E-state index >= 15 is 0 Å². The molecule has 0 saturated carbocycles. The fourth-order valence-electron chi connectivity index (χ4n) is 2.28. The molecule has 0 heterocycles. The van der Waals surface area contributed by atoms with Crippen LogP contribution >= 0.6 is 0 Å². The first-order chi connectivity index (χ1) is 12.7. The second-order valence-corrected chi connectivity index (χ2v) is 7.23. The normalized spacial score (nSPS) is 13.6. The molecule has 5 nitrogen and oxygen atoms in total. The molecule has 0 bridgehead atoms. The first-order valence-electron chi connectivity index (χ1n) is 7.89. The first kappa shape index (κ1) is 20.6. The number of benzene rings is 2. The van der Waals surface area contributed by atoms with E-state index in [1.54, 1.807) is 30.3 Å². The van der Waals surface area contributed by atoms with Crippen molar-refractivity contribution in [2.24, 2.45) is 5.73 Å². The predicted molar refractivity (Wildman–Crippen MR) is 94.2 cm³/mol. The van der Waals surface area contributed by atoms with Gasteiger partial charge in [0.25, 0.3) is 5.91 Å². The highest BCUT2D eigenvalue weighted by Gasteiger charge is 2.31. The third-order valence-electron chi connectivity index (χ3n) is 3.70. The van der Waals surface area contributed by atoms with Crippen molar-refractivity contribution in [2.75, 3.05) is 5.75 Å². The van der Waals surface area contributed by atoms with Crippen molar-refractivity contribution in [1.29, 1.82) is 0 Å². The van der Waals surface area contributed by atoms with Crippen LogP contribution in [0.25, 0.3) is 0 Å². The summed E-state index contributed by atoms with van der Waals surface area (Å²) in [6, 6.07) is 11.2. The van der Waals surface area contributed by atoms with E-state index in [-0.39, 0.29) is 17.7 Å². The molecule has 27 heavy (non-hydrogen) atoms. The van der Waals surface area contributed by atoms with Gasteiger partial charge in [-0.05, 0) is 36.8 Å². The second kappa shape index (κ2) is 8.81. The number of carbonyl (C=O) groups is 2. The smallest absolute Gasteiger partial charge is 0.368 e. The molecule has 0 radical (unpaired) electrons. The van der Waals surface area contributed by atoms with Gasteiger partial charge in [-0.1, -0.05) is 24.3 Å². The maximum Gasteiger partial charge on any atom is 0.416 e. The number of nitrogens with two attached hydrogens (primary N) is 1. The van der Waals surface area contributed by atoms with E-state index in [4.69, 9.17) is 5.73 Å². The van der Waals surface area contributed by atoms with Crippen LogP contribution in [0.15, 0.2) is 59.5 Å². The summed E-state index contributed by atoms with van der Waals surface area (Å²) in [5, 5.41) is 2.30. The molecule has 2 aromatic rings. The zero-order valence-corrected chi connectivity index (χ0v) is 14.8. The van der Waals surface area contributed by atoms with E-state index in [1.165, 1.54) is 6.07 Å². The number of amides is 2. The van der Waals surface area contributed by atoms with Crippen molar-refractivity contribution in [3.05, 3.63) is 65.7 Å². The van der Waals surface area contributed by atoms with Gasteiger partial charge >= 0.3 is 6.18 Å². The highest BCUT2D eigenvalue weighted by molar-refractivity contribution is 7.85. The molecule has 0 fully saturated rings. The van der Waals surface area contributed by atoms with Crippen molar-refractivity contribution in [3.63, 3.8) is 0 Å². The molecule has 3 N–H and O–H groups in total. The average Bonchev–Trinajstić information content (AvgIpc) is 2.64. The molecule has 0 unspecified atom stereocenters. The van der Waals surface area contributed by atoms with E-state index < -0.39 is 40.4 Å². The first-order valence-corrected chi connectivity index (χ1v) is 9.21. The lowest BCUT2D eigenvalue weighted by Crippen LogP contribution is -2.45. The lowest BCUT2D eigenvalue weighted by Gasteiger charge is -2.16. The number of halogens is 3. The summed E-state index contributed by atoms with van der Waals surface area (Å²) in [6.45, 7) is 0. The lowest BCUT2D eigenvalue weighted by molar-refractivity contribution is -0.137. The summed E-state index contributed by atoms with van der Waals surface area (Å²) in [5.41, 5.74) is 4.03. The van der Waals surface area contributed by atoms with Gasteiger partial charge in [-0.3, -0.25) is 13.8 Å². The minimum Gasteiger partial charge on any atom is -0.368 e. The molecule has 0 aliphatic carbocycles. The van der Waals surface area contributed by atoms with Crippen molar-refractivity contribution >= 4 is 22.6 Å². The van der Waals surface area contributed by atoms with Gasteiger partial charge in [-0.25, -0.2) is 0 Å². The number of hydrogen-bond acceptors (Lipinski definition) is 3. The fraction of sp³-hybridized carbons (Fsp3) is 0.222. The second-order valence-electron chi connectivity index (χ2n) is 5.66. The van der Waals surface area contributed by atoms with Crippen molar-refractivity contribution < 1.29 is 27.0 Å². The Labute approximate surface area is 156 Å². The summed E-state index contributed by atoms with van der Waals surface area (Å²) in [4.78, 5) is 24.3. The Kier molecular flexibility index (Phi) is 6.73. The fourth-order valence-corrected chi connectivity index (χ4v) is 3.43. The summed E-state index contributed by atoms with van der Waals surface area (Å²) in [7, 11) is -1.40. The number of primary amides is 1. The third kappa shape index (κ3) is 5.92. The van der Waals surface area contributed by atoms with Crippen molar-refractivity contribution in [1.82, 2.24) is 5.32 Å². The van der Waals surface area contributed by atoms with Gasteiger partial charge in [0.05, 0.1) is 16.4 Å². The van der Waals surface area contributed by atoms with Crippen LogP contribution in [0.3, 0.4) is 0 Å². The van der Waals surface area contributed by atoms with Crippen LogP contribution in [0.1, 0.15) is 22.3 Å². The molecule has 2 rings (SSSR count). The van der Waals surface area contributed by atoms with Crippen molar-refractivity contribution in [3.8, 4) is 0 Å². The highest BCUT2D eigenvalue weighted by atomic mass is 32.2. The Morgan fingerprint density at radius 2 is 1.74 bits per heavy atom. The van der Waals surface area contributed by atoms with Crippen LogP contribution < -0.4 is 11.1 Å². The van der Waals surface area contributed by atoms with Crippen LogP contribution in [0.5, 0.6) is 0 Å². The molecule has 2 amide bonds. The average molecular weight is 398 g/mol. The van der Waals surface area contributed by atoms with Gasteiger partial charge < -0.3 is 11.1 Å². The van der Waals surface area contributed by atoms with E-state index in [0.717, 1.165) is 12.1 Å². The van der Waals surface area contributed by atoms with Crippen LogP contribution in [-0.4, -0.2) is 27.8 Å². The maximum atomic E-state index is 12.8. The Hall–Kier alpha value is -2.68. The van der Waals surface area contributed by atoms with E-state index in [0.29, 0.717) is 11.0 Å². The quantitative estimate of drug-likeness (QED) is 0.751. The Balaban J connectivity index is 2.04. The Bertz CT molecular complexity index is 841. The minimum atomic E-state index is -4.59. The molecule has 0 saturated heterocycles. The lowest BCUT2D eigenvalue weighted by atomic mass is 10.1. The van der Waals surface area contributed by atoms with Gasteiger partial charge in [-0.2, -0.15) is 13.2 Å². The van der Waals surface area contributed by atoms with E-state index in [1.807, 2.05) is 0 Å².